The van der Waals surface area contributed by atoms with Crippen molar-refractivity contribution in [1.82, 2.24) is 5.32 Å². The number of amidine groups is 1. The first kappa shape index (κ1) is 18.6. The summed E-state index contributed by atoms with van der Waals surface area (Å²) in [6, 6.07) is 0. The normalized spacial score (nSPS) is 14.1. The maximum atomic E-state index is 4.80. The minimum absolute atomic E-state index is 0. The van der Waals surface area contributed by atoms with Crippen LogP contribution < -0.4 is 5.32 Å². The zero-order chi connectivity index (χ0) is 12.6. The van der Waals surface area contributed by atoms with Crippen LogP contribution in [0.15, 0.2) is 20.4 Å². The number of hydrogen-bond donors (Lipinski definition) is 1. The molecule has 0 spiro atoms. The second-order valence-corrected chi connectivity index (χ2v) is 3.33. The van der Waals surface area contributed by atoms with Crippen molar-refractivity contribution in [3.63, 3.8) is 0 Å². The summed E-state index contributed by atoms with van der Waals surface area (Å²) in [6.07, 6.45) is 0. The topological polar surface area (TPSA) is 70.7 Å². The molecule has 0 saturated heterocycles. The van der Waals surface area contributed by atoms with Crippen LogP contribution in [0.5, 0.6) is 0 Å². The van der Waals surface area contributed by atoms with Crippen molar-refractivity contribution in [2.75, 3.05) is 14.2 Å². The summed E-state index contributed by atoms with van der Waals surface area (Å²) in [5, 5.41) is 18.1. The van der Waals surface area contributed by atoms with E-state index < -0.39 is 0 Å². The number of hydrogen-bond acceptors (Lipinski definition) is 7. The SMILES string of the molecule is CN/C([S-])=N/N=C(C)/C(C)=N/N=C(\[S-])OC.[Cu+2]. The second-order valence-electron chi connectivity index (χ2n) is 2.60. The van der Waals surface area contributed by atoms with Crippen LogP contribution in [-0.2, 0) is 47.1 Å². The van der Waals surface area contributed by atoms with Gasteiger partial charge in [-0.1, -0.05) is 0 Å². The number of methoxy groups -OCH3 is 1. The Morgan fingerprint density at radius 3 is 1.88 bits per heavy atom. The Morgan fingerprint density at radius 2 is 1.47 bits per heavy atom. The Labute approximate surface area is 122 Å². The summed E-state index contributed by atoms with van der Waals surface area (Å²) in [6.45, 7) is 3.48. The monoisotopic (exact) mass is 322 g/mol. The van der Waals surface area contributed by atoms with Crippen LogP contribution in [0.2, 0.25) is 0 Å². The molecule has 0 bridgehead atoms. The fourth-order valence-corrected chi connectivity index (χ4v) is 0.553. The van der Waals surface area contributed by atoms with Gasteiger partial charge in [0.1, 0.15) is 0 Å². The van der Waals surface area contributed by atoms with Crippen molar-refractivity contribution < 1.29 is 21.8 Å². The Hall–Kier alpha value is -0.761. The quantitative estimate of drug-likeness (QED) is 0.268. The molecule has 17 heavy (non-hydrogen) atoms. The van der Waals surface area contributed by atoms with E-state index in [-0.39, 0.29) is 22.3 Å². The summed E-state index contributed by atoms with van der Waals surface area (Å²) in [7, 11) is 3.10. The fraction of sp³-hybridized carbons (Fsp3) is 0.500. The van der Waals surface area contributed by atoms with Crippen molar-refractivity contribution in [3.05, 3.63) is 0 Å². The molecule has 9 heteroatoms. The maximum absolute atomic E-state index is 4.80. The van der Waals surface area contributed by atoms with Crippen molar-refractivity contribution in [2.45, 2.75) is 13.8 Å². The number of nitrogens with one attached hydrogen (secondary N) is 1. The van der Waals surface area contributed by atoms with E-state index in [0.717, 1.165) is 0 Å². The third-order valence-corrected chi connectivity index (χ3v) is 2.02. The molecule has 0 amide bonds. The molecule has 0 aliphatic heterocycles. The Morgan fingerprint density at radius 1 is 1.00 bits per heavy atom. The van der Waals surface area contributed by atoms with Crippen LogP contribution in [0, 0.1) is 0 Å². The molecule has 0 heterocycles. The van der Waals surface area contributed by atoms with Gasteiger partial charge in [-0.3, -0.25) is 0 Å². The summed E-state index contributed by atoms with van der Waals surface area (Å²) < 4.78 is 4.66. The van der Waals surface area contributed by atoms with E-state index in [2.05, 4.69) is 30.5 Å². The minimum Gasteiger partial charge on any atom is -0.741 e. The van der Waals surface area contributed by atoms with Crippen molar-refractivity contribution in [1.29, 1.82) is 0 Å². The van der Waals surface area contributed by atoms with E-state index in [1.54, 1.807) is 20.9 Å². The molecular weight excluding hydrogens is 310 g/mol. The largest absolute Gasteiger partial charge is 2.00 e. The molecule has 1 N–H and O–H groups in total. The van der Waals surface area contributed by atoms with Gasteiger partial charge in [-0.25, -0.2) is 0 Å². The summed E-state index contributed by atoms with van der Waals surface area (Å²) in [5.74, 6) is 0. The molecule has 0 aromatic rings. The predicted molar refractivity (Wildman–Crippen MR) is 71.9 cm³/mol. The van der Waals surface area contributed by atoms with Crippen LogP contribution in [0.1, 0.15) is 13.8 Å². The number of nitrogens with zero attached hydrogens (tertiary/aromatic N) is 4. The molecule has 0 atom stereocenters. The third-order valence-electron chi connectivity index (χ3n) is 1.48. The molecule has 0 aromatic heterocycles. The van der Waals surface area contributed by atoms with Gasteiger partial charge >= 0.3 is 17.1 Å². The molecule has 6 nitrogen and oxygen atoms in total. The molecule has 0 aliphatic rings. The molecule has 0 saturated carbocycles. The van der Waals surface area contributed by atoms with Gasteiger partial charge < -0.3 is 35.3 Å². The van der Waals surface area contributed by atoms with Crippen LogP contribution in [0.4, 0.5) is 0 Å². The van der Waals surface area contributed by atoms with Gasteiger partial charge in [-0.05, 0) is 19.0 Å². The van der Waals surface area contributed by atoms with E-state index >= 15 is 0 Å². The Balaban J connectivity index is 0. The van der Waals surface area contributed by atoms with Crippen molar-refractivity contribution >= 4 is 47.1 Å². The summed E-state index contributed by atoms with van der Waals surface area (Å²) >= 11 is 9.49. The molecule has 0 fully saturated rings. The van der Waals surface area contributed by atoms with E-state index in [9.17, 15) is 0 Å². The van der Waals surface area contributed by atoms with Gasteiger partial charge in [0.05, 0.1) is 23.8 Å². The third kappa shape index (κ3) is 8.99. The predicted octanol–water partition coefficient (Wildman–Crippen LogP) is 0.407. The minimum atomic E-state index is 0. The first-order valence-corrected chi connectivity index (χ1v) is 5.13. The van der Waals surface area contributed by atoms with Crippen LogP contribution in [0.3, 0.4) is 0 Å². The molecule has 0 rings (SSSR count). The summed E-state index contributed by atoms with van der Waals surface area (Å²) in [5.41, 5.74) is 1.18. The number of rotatable bonds is 3. The van der Waals surface area contributed by atoms with E-state index in [4.69, 9.17) is 25.3 Å². The average molecular weight is 323 g/mol. The second kappa shape index (κ2) is 10.4. The van der Waals surface area contributed by atoms with Gasteiger partial charge in [0.15, 0.2) is 0 Å². The van der Waals surface area contributed by atoms with Crippen molar-refractivity contribution in [2.24, 2.45) is 20.4 Å². The van der Waals surface area contributed by atoms with E-state index in [1.807, 2.05) is 0 Å². The van der Waals surface area contributed by atoms with E-state index in [1.165, 1.54) is 7.11 Å². The Kier molecular flexibility index (Phi) is 11.4. The number of ether oxygens (including phenoxy) is 1. The average Bonchev–Trinajstić information content (AvgIpc) is 2.31. The van der Waals surface area contributed by atoms with Gasteiger partial charge in [-0.15, -0.1) is 5.10 Å². The van der Waals surface area contributed by atoms with E-state index in [0.29, 0.717) is 16.6 Å². The van der Waals surface area contributed by atoms with Gasteiger partial charge in [0.2, 0.25) is 0 Å². The Bertz CT molecular complexity index is 320. The zero-order valence-electron chi connectivity index (χ0n) is 9.82. The molecule has 0 unspecified atom stereocenters. The molecule has 1 radical (unpaired) electrons. The molecule has 0 aromatic carbocycles. The fourth-order valence-electron chi connectivity index (χ4n) is 0.472. The van der Waals surface area contributed by atoms with Gasteiger partial charge in [0, 0.05) is 7.05 Å². The smallest absolute Gasteiger partial charge is 0.741 e. The summed E-state index contributed by atoms with van der Waals surface area (Å²) in [4.78, 5) is 0. The standard InChI is InChI=1S/C8H15N5OS2.Cu/c1-5(10-12-7(15)9-3)6(2)11-13-8(16)14-4;/h1-4H3,(H,13,16)(H2,9,12,15);/q;+2/p-2/b10-5+,11-6+;. The zero-order valence-corrected chi connectivity index (χ0v) is 12.4. The first-order valence-electron chi connectivity index (χ1n) is 4.32. The van der Waals surface area contributed by atoms with Crippen LogP contribution >= 0.6 is 0 Å². The van der Waals surface area contributed by atoms with Crippen molar-refractivity contribution in [3.8, 4) is 0 Å². The van der Waals surface area contributed by atoms with Gasteiger partial charge in [-0.2, -0.15) is 15.3 Å². The van der Waals surface area contributed by atoms with Gasteiger partial charge in [0.25, 0.3) is 0 Å². The maximum Gasteiger partial charge on any atom is 2.00 e. The molecular formula is C8H13CuN5OS2. The molecule has 0 aliphatic carbocycles. The molecule has 99 valence electrons. The first-order chi connectivity index (χ1) is 7.51. The van der Waals surface area contributed by atoms with Crippen LogP contribution in [-0.4, -0.2) is 36.0 Å². The van der Waals surface area contributed by atoms with Crippen LogP contribution in [0.25, 0.3) is 0 Å².